The Morgan fingerprint density at radius 2 is 1.92 bits per heavy atom. The van der Waals surface area contributed by atoms with E-state index in [9.17, 15) is 4.79 Å². The molecular formula is C21H30N2O3. The van der Waals surface area contributed by atoms with Crippen LogP contribution < -0.4 is 4.74 Å². The van der Waals surface area contributed by atoms with E-state index in [2.05, 4.69) is 23.1 Å². The van der Waals surface area contributed by atoms with Crippen molar-refractivity contribution in [1.29, 1.82) is 0 Å². The summed E-state index contributed by atoms with van der Waals surface area (Å²) in [6.45, 7) is 8.13. The molecule has 1 aromatic rings. The van der Waals surface area contributed by atoms with E-state index in [4.69, 9.17) is 9.47 Å². The minimum absolute atomic E-state index is 0.260. The number of ether oxygens (including phenoxy) is 2. The van der Waals surface area contributed by atoms with Crippen molar-refractivity contribution in [1.82, 2.24) is 9.80 Å². The number of morpholine rings is 1. The average Bonchev–Trinajstić information content (AvgIpc) is 2.69. The summed E-state index contributed by atoms with van der Waals surface area (Å²) in [5, 5.41) is 0. The van der Waals surface area contributed by atoms with Crippen LogP contribution in [0.4, 0.5) is 0 Å². The number of rotatable bonds is 6. The standard InChI is InChI=1S/C21H30N2O3/c1-2-26-20-6-4-3-5-19(20)8-7-18-9-11-23(12-10-18)21(24)17-22-13-15-25-16-14-22/h3-8,18H,2,9-17H2,1H3/b8-7+. The number of hydrogen-bond acceptors (Lipinski definition) is 4. The van der Waals surface area contributed by atoms with E-state index < -0.39 is 0 Å². The van der Waals surface area contributed by atoms with E-state index >= 15 is 0 Å². The Kier molecular flexibility index (Phi) is 7.09. The van der Waals surface area contributed by atoms with Gasteiger partial charge in [0.15, 0.2) is 0 Å². The normalized spacial score (nSPS) is 19.8. The molecule has 0 radical (unpaired) electrons. The summed E-state index contributed by atoms with van der Waals surface area (Å²) in [4.78, 5) is 16.7. The highest BCUT2D eigenvalue weighted by atomic mass is 16.5. The fraction of sp³-hybridized carbons (Fsp3) is 0.571. The number of benzene rings is 1. The molecule has 5 nitrogen and oxygen atoms in total. The number of piperidine rings is 1. The highest BCUT2D eigenvalue weighted by molar-refractivity contribution is 5.78. The number of para-hydroxylation sites is 1. The van der Waals surface area contributed by atoms with Gasteiger partial charge in [-0.25, -0.2) is 0 Å². The molecule has 0 aromatic heterocycles. The van der Waals surface area contributed by atoms with Gasteiger partial charge in [0.25, 0.3) is 0 Å². The van der Waals surface area contributed by atoms with Crippen molar-refractivity contribution >= 4 is 12.0 Å². The minimum atomic E-state index is 0.260. The van der Waals surface area contributed by atoms with Gasteiger partial charge in [-0.1, -0.05) is 30.4 Å². The molecule has 142 valence electrons. The van der Waals surface area contributed by atoms with Crippen LogP contribution in [0.15, 0.2) is 30.3 Å². The molecule has 0 atom stereocenters. The quantitative estimate of drug-likeness (QED) is 0.784. The molecule has 2 aliphatic rings. The van der Waals surface area contributed by atoms with Crippen molar-refractivity contribution in [2.45, 2.75) is 19.8 Å². The van der Waals surface area contributed by atoms with E-state index in [1.54, 1.807) is 0 Å². The zero-order valence-electron chi connectivity index (χ0n) is 15.7. The molecule has 2 fully saturated rings. The van der Waals surface area contributed by atoms with Crippen molar-refractivity contribution in [3.05, 3.63) is 35.9 Å². The van der Waals surface area contributed by atoms with Crippen LogP contribution in [0.2, 0.25) is 0 Å². The fourth-order valence-electron chi connectivity index (χ4n) is 3.54. The summed E-state index contributed by atoms with van der Waals surface area (Å²) in [5.74, 6) is 1.72. The number of hydrogen-bond donors (Lipinski definition) is 0. The highest BCUT2D eigenvalue weighted by Crippen LogP contribution is 2.23. The Hall–Kier alpha value is -1.85. The van der Waals surface area contributed by atoms with Crippen molar-refractivity contribution in [3.8, 4) is 5.75 Å². The Labute approximate surface area is 156 Å². The lowest BCUT2D eigenvalue weighted by atomic mass is 9.95. The first-order valence-corrected chi connectivity index (χ1v) is 9.74. The molecule has 0 saturated carbocycles. The molecule has 3 rings (SSSR count). The number of carbonyl (C=O) groups is 1. The number of likely N-dealkylation sites (tertiary alicyclic amines) is 1. The number of amides is 1. The van der Waals surface area contributed by atoms with Crippen LogP contribution in [0, 0.1) is 5.92 Å². The van der Waals surface area contributed by atoms with Gasteiger partial charge in [0.1, 0.15) is 5.75 Å². The van der Waals surface area contributed by atoms with Gasteiger partial charge in [0.2, 0.25) is 5.91 Å². The second-order valence-corrected chi connectivity index (χ2v) is 6.94. The van der Waals surface area contributed by atoms with Crippen LogP contribution in [0.5, 0.6) is 5.75 Å². The van der Waals surface area contributed by atoms with E-state index in [0.29, 0.717) is 19.1 Å². The van der Waals surface area contributed by atoms with Gasteiger partial charge in [0, 0.05) is 31.7 Å². The maximum absolute atomic E-state index is 12.5. The monoisotopic (exact) mass is 358 g/mol. The number of allylic oxidation sites excluding steroid dienone is 1. The predicted molar refractivity (Wildman–Crippen MR) is 103 cm³/mol. The van der Waals surface area contributed by atoms with Gasteiger partial charge in [-0.2, -0.15) is 0 Å². The van der Waals surface area contributed by atoms with Crippen molar-refractivity contribution in [3.63, 3.8) is 0 Å². The maximum Gasteiger partial charge on any atom is 0.236 e. The first-order valence-electron chi connectivity index (χ1n) is 9.74. The van der Waals surface area contributed by atoms with Crippen LogP contribution in [0.25, 0.3) is 6.08 Å². The molecule has 2 aliphatic heterocycles. The largest absolute Gasteiger partial charge is 0.493 e. The molecule has 5 heteroatoms. The Morgan fingerprint density at radius 3 is 2.65 bits per heavy atom. The maximum atomic E-state index is 12.5. The molecule has 0 bridgehead atoms. The van der Waals surface area contributed by atoms with Crippen molar-refractivity contribution in [2.24, 2.45) is 5.92 Å². The van der Waals surface area contributed by atoms with Crippen molar-refractivity contribution in [2.75, 3.05) is 52.5 Å². The van der Waals surface area contributed by atoms with Gasteiger partial charge >= 0.3 is 0 Å². The first-order chi connectivity index (χ1) is 12.8. The lowest BCUT2D eigenvalue weighted by Crippen LogP contribution is -2.46. The van der Waals surface area contributed by atoms with Gasteiger partial charge in [-0.3, -0.25) is 9.69 Å². The second-order valence-electron chi connectivity index (χ2n) is 6.94. The van der Waals surface area contributed by atoms with Gasteiger partial charge in [0.05, 0.1) is 26.4 Å². The molecule has 2 heterocycles. The average molecular weight is 358 g/mol. The third-order valence-electron chi connectivity index (χ3n) is 5.12. The van der Waals surface area contributed by atoms with Crippen LogP contribution in [-0.2, 0) is 9.53 Å². The van der Waals surface area contributed by atoms with E-state index in [0.717, 1.165) is 63.5 Å². The number of carbonyl (C=O) groups excluding carboxylic acids is 1. The zero-order valence-corrected chi connectivity index (χ0v) is 15.7. The molecule has 1 amide bonds. The first kappa shape index (κ1) is 18.9. The van der Waals surface area contributed by atoms with Crippen LogP contribution >= 0.6 is 0 Å². The molecule has 1 aromatic carbocycles. The lowest BCUT2D eigenvalue weighted by Gasteiger charge is -2.33. The summed E-state index contributed by atoms with van der Waals surface area (Å²) in [7, 11) is 0. The smallest absolute Gasteiger partial charge is 0.236 e. The van der Waals surface area contributed by atoms with Crippen LogP contribution in [0.1, 0.15) is 25.3 Å². The van der Waals surface area contributed by atoms with E-state index in [1.807, 2.05) is 30.0 Å². The minimum Gasteiger partial charge on any atom is -0.493 e. The summed E-state index contributed by atoms with van der Waals surface area (Å²) < 4.78 is 11.0. The number of nitrogens with zero attached hydrogens (tertiary/aromatic N) is 2. The molecule has 0 unspecified atom stereocenters. The van der Waals surface area contributed by atoms with Gasteiger partial charge in [-0.15, -0.1) is 0 Å². The molecular weight excluding hydrogens is 328 g/mol. The highest BCUT2D eigenvalue weighted by Gasteiger charge is 2.23. The third-order valence-corrected chi connectivity index (χ3v) is 5.12. The predicted octanol–water partition coefficient (Wildman–Crippen LogP) is 2.67. The molecule has 0 aliphatic carbocycles. The topological polar surface area (TPSA) is 42.0 Å². The summed E-state index contributed by atoms with van der Waals surface area (Å²) in [6, 6.07) is 8.13. The Balaban J connectivity index is 1.47. The van der Waals surface area contributed by atoms with Crippen LogP contribution in [-0.4, -0.2) is 68.3 Å². The fourth-order valence-corrected chi connectivity index (χ4v) is 3.54. The van der Waals surface area contributed by atoms with Gasteiger partial charge < -0.3 is 14.4 Å². The summed E-state index contributed by atoms with van der Waals surface area (Å²) in [5.41, 5.74) is 1.13. The molecule has 2 saturated heterocycles. The van der Waals surface area contributed by atoms with Crippen molar-refractivity contribution < 1.29 is 14.3 Å². The molecule has 0 N–H and O–H groups in total. The van der Waals surface area contributed by atoms with E-state index in [-0.39, 0.29) is 5.91 Å². The third kappa shape index (κ3) is 5.32. The Morgan fingerprint density at radius 1 is 1.19 bits per heavy atom. The molecule has 0 spiro atoms. The van der Waals surface area contributed by atoms with Gasteiger partial charge in [-0.05, 0) is 31.7 Å². The van der Waals surface area contributed by atoms with E-state index in [1.165, 1.54) is 0 Å². The second kappa shape index (κ2) is 9.74. The van der Waals surface area contributed by atoms with Crippen LogP contribution in [0.3, 0.4) is 0 Å². The summed E-state index contributed by atoms with van der Waals surface area (Å²) in [6.07, 6.45) is 6.51. The lowest BCUT2D eigenvalue weighted by molar-refractivity contribution is -0.134. The zero-order chi connectivity index (χ0) is 18.2. The summed E-state index contributed by atoms with van der Waals surface area (Å²) >= 11 is 0. The molecule has 26 heavy (non-hydrogen) atoms. The SMILES string of the molecule is CCOc1ccccc1/C=C/C1CCN(C(=O)CN2CCOCC2)CC1. The Bertz CT molecular complexity index is 603.